The lowest BCUT2D eigenvalue weighted by molar-refractivity contribution is -0.142. The van der Waals surface area contributed by atoms with E-state index in [1.54, 1.807) is 24.5 Å². The first-order valence-electron chi connectivity index (χ1n) is 7.46. The number of hydrogen-bond donors (Lipinski definition) is 0. The molecule has 0 amide bonds. The number of aromatic nitrogens is 2. The van der Waals surface area contributed by atoms with Crippen LogP contribution in [0.1, 0.15) is 32.7 Å². The summed E-state index contributed by atoms with van der Waals surface area (Å²) in [5.41, 5.74) is 0.648. The Morgan fingerprint density at radius 2 is 2.18 bits per heavy atom. The van der Waals surface area contributed by atoms with Crippen molar-refractivity contribution in [3.8, 4) is 0 Å². The van der Waals surface area contributed by atoms with E-state index in [1.807, 2.05) is 18.2 Å². The zero-order chi connectivity index (χ0) is 15.7. The lowest BCUT2D eigenvalue weighted by atomic mass is 10.2. The summed E-state index contributed by atoms with van der Waals surface area (Å²) in [6, 6.07) is 7.54. The second-order valence-electron chi connectivity index (χ2n) is 5.33. The fourth-order valence-corrected chi connectivity index (χ4v) is 3.31. The number of carbonyl (C=O) groups is 1. The van der Waals surface area contributed by atoms with Gasteiger partial charge in [0.2, 0.25) is 0 Å². The van der Waals surface area contributed by atoms with Crippen molar-refractivity contribution < 1.29 is 9.53 Å². The maximum atomic E-state index is 12.7. The zero-order valence-corrected chi connectivity index (χ0v) is 13.4. The zero-order valence-electron chi connectivity index (χ0n) is 12.6. The van der Waals surface area contributed by atoms with Crippen molar-refractivity contribution in [2.75, 3.05) is 6.61 Å². The van der Waals surface area contributed by atoms with Gasteiger partial charge in [0.05, 0.1) is 17.5 Å². The van der Waals surface area contributed by atoms with E-state index in [-0.39, 0.29) is 17.6 Å². The maximum absolute atomic E-state index is 12.7. The van der Waals surface area contributed by atoms with Gasteiger partial charge in [-0.3, -0.25) is 14.2 Å². The van der Waals surface area contributed by atoms with Crippen LogP contribution in [0.25, 0.3) is 10.9 Å². The Morgan fingerprint density at radius 1 is 1.45 bits per heavy atom. The van der Waals surface area contributed by atoms with Gasteiger partial charge in [-0.1, -0.05) is 23.9 Å². The highest BCUT2D eigenvalue weighted by molar-refractivity contribution is 8.00. The molecule has 1 aliphatic carbocycles. The van der Waals surface area contributed by atoms with E-state index in [1.165, 1.54) is 11.8 Å². The Hall–Kier alpha value is -1.82. The highest BCUT2D eigenvalue weighted by atomic mass is 32.2. The molecule has 1 heterocycles. The highest BCUT2D eigenvalue weighted by Gasteiger charge is 2.30. The lowest BCUT2D eigenvalue weighted by Gasteiger charge is -2.15. The number of thioether (sulfide) groups is 1. The van der Waals surface area contributed by atoms with Crippen LogP contribution in [0.4, 0.5) is 0 Å². The average Bonchev–Trinajstić information content (AvgIpc) is 3.32. The van der Waals surface area contributed by atoms with E-state index in [0.717, 1.165) is 12.8 Å². The van der Waals surface area contributed by atoms with Gasteiger partial charge in [-0.05, 0) is 38.8 Å². The van der Waals surface area contributed by atoms with Gasteiger partial charge in [-0.25, -0.2) is 4.98 Å². The van der Waals surface area contributed by atoms with Gasteiger partial charge in [0.25, 0.3) is 5.56 Å². The molecule has 6 heteroatoms. The van der Waals surface area contributed by atoms with Crippen molar-refractivity contribution in [3.05, 3.63) is 34.6 Å². The summed E-state index contributed by atoms with van der Waals surface area (Å²) in [5, 5.41) is 0.840. The Balaban J connectivity index is 2.02. The van der Waals surface area contributed by atoms with Crippen LogP contribution >= 0.6 is 11.8 Å². The van der Waals surface area contributed by atoms with Gasteiger partial charge < -0.3 is 4.74 Å². The quantitative estimate of drug-likeness (QED) is 0.482. The molecule has 0 aliphatic heterocycles. The molecule has 5 nitrogen and oxygen atoms in total. The number of ether oxygens (including phenoxy) is 1. The molecule has 0 radical (unpaired) electrons. The monoisotopic (exact) mass is 318 g/mol. The Labute approximate surface area is 132 Å². The second kappa shape index (κ2) is 6.12. The standard InChI is InChI=1S/C16H18N2O3S/c1-3-21-15(20)10(2)22-16-17-13-7-5-4-6-12(13)14(19)18(16)11-8-9-11/h4-7,10-11H,3,8-9H2,1-2H3. The number of benzene rings is 1. The van der Waals surface area contributed by atoms with Gasteiger partial charge >= 0.3 is 5.97 Å². The smallest absolute Gasteiger partial charge is 0.319 e. The van der Waals surface area contributed by atoms with Gasteiger partial charge in [0, 0.05) is 6.04 Å². The van der Waals surface area contributed by atoms with Crippen molar-refractivity contribution in [2.24, 2.45) is 0 Å². The number of hydrogen-bond acceptors (Lipinski definition) is 5. The minimum absolute atomic E-state index is 0.0216. The van der Waals surface area contributed by atoms with E-state index >= 15 is 0 Å². The molecule has 0 spiro atoms. The SMILES string of the molecule is CCOC(=O)C(C)Sc1nc2ccccc2c(=O)n1C1CC1. The normalized spacial score (nSPS) is 15.7. The van der Waals surface area contributed by atoms with Crippen LogP contribution < -0.4 is 5.56 Å². The Kier molecular flexibility index (Phi) is 4.20. The summed E-state index contributed by atoms with van der Waals surface area (Å²) in [4.78, 5) is 29.1. The highest BCUT2D eigenvalue weighted by Crippen LogP contribution is 2.37. The van der Waals surface area contributed by atoms with Gasteiger partial charge in [-0.2, -0.15) is 0 Å². The third-order valence-electron chi connectivity index (χ3n) is 3.59. The molecule has 3 rings (SSSR count). The third kappa shape index (κ3) is 2.88. The molecular formula is C16H18N2O3S. The minimum atomic E-state index is -0.391. The molecule has 22 heavy (non-hydrogen) atoms. The Morgan fingerprint density at radius 3 is 2.86 bits per heavy atom. The molecule has 1 atom stereocenters. The van der Waals surface area contributed by atoms with Crippen molar-refractivity contribution in [3.63, 3.8) is 0 Å². The van der Waals surface area contributed by atoms with Crippen LogP contribution in [0.3, 0.4) is 0 Å². The number of nitrogens with zero attached hydrogens (tertiary/aromatic N) is 2. The number of esters is 1. The summed E-state index contributed by atoms with van der Waals surface area (Å²) in [5.74, 6) is -0.280. The lowest BCUT2D eigenvalue weighted by Crippen LogP contribution is -2.24. The summed E-state index contributed by atoms with van der Waals surface area (Å²) in [6.45, 7) is 3.91. The predicted molar refractivity (Wildman–Crippen MR) is 86.2 cm³/mol. The first-order valence-corrected chi connectivity index (χ1v) is 8.34. The van der Waals surface area contributed by atoms with E-state index < -0.39 is 5.25 Å². The van der Waals surface area contributed by atoms with Gasteiger partial charge in [-0.15, -0.1) is 0 Å². The van der Waals surface area contributed by atoms with Crippen LogP contribution in [0.5, 0.6) is 0 Å². The number of carbonyl (C=O) groups excluding carboxylic acids is 1. The summed E-state index contributed by atoms with van der Waals surface area (Å²) in [7, 11) is 0. The third-order valence-corrected chi connectivity index (χ3v) is 4.63. The largest absolute Gasteiger partial charge is 0.465 e. The van der Waals surface area contributed by atoms with Crippen molar-refractivity contribution in [1.82, 2.24) is 9.55 Å². The molecule has 1 aromatic carbocycles. The second-order valence-corrected chi connectivity index (χ2v) is 6.64. The molecule has 1 unspecified atom stereocenters. The molecule has 1 aromatic heterocycles. The average molecular weight is 318 g/mol. The predicted octanol–water partition coefficient (Wildman–Crippen LogP) is 2.78. The molecule has 0 saturated heterocycles. The van der Waals surface area contributed by atoms with Gasteiger partial charge in [0.1, 0.15) is 5.25 Å². The number of para-hydroxylation sites is 1. The van der Waals surface area contributed by atoms with E-state index in [2.05, 4.69) is 4.98 Å². The summed E-state index contributed by atoms with van der Waals surface area (Å²) in [6.07, 6.45) is 1.97. The minimum Gasteiger partial charge on any atom is -0.465 e. The fraction of sp³-hybridized carbons (Fsp3) is 0.438. The Bertz CT molecular complexity index is 768. The van der Waals surface area contributed by atoms with Crippen molar-refractivity contribution in [2.45, 2.75) is 43.1 Å². The van der Waals surface area contributed by atoms with Crippen LogP contribution in [0, 0.1) is 0 Å². The molecule has 1 saturated carbocycles. The first-order chi connectivity index (χ1) is 10.6. The molecule has 2 aromatic rings. The topological polar surface area (TPSA) is 61.2 Å². The van der Waals surface area contributed by atoms with Crippen molar-refractivity contribution in [1.29, 1.82) is 0 Å². The number of rotatable bonds is 5. The molecule has 116 valence electrons. The van der Waals surface area contributed by atoms with E-state index in [0.29, 0.717) is 22.7 Å². The van der Waals surface area contributed by atoms with Crippen LogP contribution in [-0.2, 0) is 9.53 Å². The van der Waals surface area contributed by atoms with E-state index in [4.69, 9.17) is 4.74 Å². The first kappa shape index (κ1) is 15.1. The number of fused-ring (bicyclic) bond motifs is 1. The molecule has 1 aliphatic rings. The maximum Gasteiger partial charge on any atom is 0.319 e. The van der Waals surface area contributed by atoms with Gasteiger partial charge in [0.15, 0.2) is 5.16 Å². The fourth-order valence-electron chi connectivity index (χ4n) is 2.33. The molecule has 1 fully saturated rings. The molecule has 0 bridgehead atoms. The van der Waals surface area contributed by atoms with Crippen molar-refractivity contribution >= 4 is 28.6 Å². The van der Waals surface area contributed by atoms with E-state index in [9.17, 15) is 9.59 Å². The van der Waals surface area contributed by atoms with Crippen LogP contribution in [-0.4, -0.2) is 27.4 Å². The molecule has 0 N–H and O–H groups in total. The van der Waals surface area contributed by atoms with Crippen LogP contribution in [0.15, 0.2) is 34.2 Å². The summed E-state index contributed by atoms with van der Waals surface area (Å²) < 4.78 is 6.77. The summed E-state index contributed by atoms with van der Waals surface area (Å²) >= 11 is 1.29. The van der Waals surface area contributed by atoms with Crippen LogP contribution in [0.2, 0.25) is 0 Å². The molecular weight excluding hydrogens is 300 g/mol.